The van der Waals surface area contributed by atoms with E-state index in [9.17, 15) is 0 Å². The monoisotopic (exact) mass is 196 g/mol. The molecule has 0 radical (unpaired) electrons. The Hall–Kier alpha value is -0.960. The summed E-state index contributed by atoms with van der Waals surface area (Å²) in [5.41, 5.74) is 6.08. The van der Waals surface area contributed by atoms with Crippen LogP contribution in [0.25, 0.3) is 0 Å². The molecular weight excluding hydrogens is 180 g/mol. The molecule has 0 amide bonds. The van der Waals surface area contributed by atoms with Crippen molar-refractivity contribution < 1.29 is 0 Å². The summed E-state index contributed by atoms with van der Waals surface area (Å²) >= 11 is 1.73. The van der Waals surface area contributed by atoms with Crippen molar-refractivity contribution in [3.63, 3.8) is 0 Å². The highest BCUT2D eigenvalue weighted by Crippen LogP contribution is 2.03. The van der Waals surface area contributed by atoms with E-state index in [-0.39, 0.29) is 0 Å². The largest absolute Gasteiger partial charge is 0.390 e. The lowest BCUT2D eigenvalue weighted by Gasteiger charge is -1.88. The molecule has 0 atom stereocenters. The normalized spacial score (nSPS) is 12.8. The first-order valence-corrected chi connectivity index (χ1v) is 5.14. The molecule has 0 unspecified atom stereocenters. The minimum Gasteiger partial charge on any atom is -0.390 e. The second-order valence-electron chi connectivity index (χ2n) is 2.35. The first-order chi connectivity index (χ1) is 6.31. The van der Waals surface area contributed by atoms with Crippen molar-refractivity contribution in [2.75, 3.05) is 5.75 Å². The minimum absolute atomic E-state index is 0.896. The van der Waals surface area contributed by atoms with Gasteiger partial charge in [-0.15, -0.1) is 18.3 Å². The molecule has 0 aromatic heterocycles. The highest BCUT2D eigenvalue weighted by atomic mass is 32.2. The van der Waals surface area contributed by atoms with Gasteiger partial charge in [0, 0.05) is 11.4 Å². The summed E-state index contributed by atoms with van der Waals surface area (Å²) in [7, 11) is 0. The highest BCUT2D eigenvalue weighted by Gasteiger charge is 1.79. The van der Waals surface area contributed by atoms with E-state index in [0.717, 1.165) is 17.9 Å². The summed E-state index contributed by atoms with van der Waals surface area (Å²) in [4.78, 5) is 3.92. The molecular formula is C10H16N2S. The van der Waals surface area contributed by atoms with Crippen LogP contribution in [0.4, 0.5) is 0 Å². The molecule has 0 saturated heterocycles. The molecule has 0 spiro atoms. The van der Waals surface area contributed by atoms with Gasteiger partial charge >= 0.3 is 0 Å². The predicted molar refractivity (Wildman–Crippen MR) is 62.8 cm³/mol. The number of allylic oxidation sites excluding steroid dienone is 3. The Kier molecular flexibility index (Phi) is 8.46. The van der Waals surface area contributed by atoms with Gasteiger partial charge in [-0.05, 0) is 18.8 Å². The Labute approximate surface area is 84.3 Å². The number of thioether (sulfide) groups is 1. The zero-order chi connectivity index (χ0) is 9.94. The van der Waals surface area contributed by atoms with Gasteiger partial charge in [-0.2, -0.15) is 0 Å². The summed E-state index contributed by atoms with van der Waals surface area (Å²) in [5, 5.41) is 2.07. The fraction of sp³-hybridized carbons (Fsp3) is 0.300. The standard InChI is InChI=1S/C10H16N2S/c1-3-7-13-8-5-4-6-10(2)12-9-11/h3,5-6,8-9H,1,4,7H2,2H3,(H2,11,12)/b8-5-,10-6+. The van der Waals surface area contributed by atoms with E-state index in [1.807, 2.05) is 19.1 Å². The molecule has 0 heterocycles. The lowest BCUT2D eigenvalue weighted by molar-refractivity contribution is 1.24. The first-order valence-electron chi connectivity index (χ1n) is 4.09. The zero-order valence-corrected chi connectivity index (χ0v) is 8.76. The molecule has 13 heavy (non-hydrogen) atoms. The number of nitrogens with zero attached hydrogens (tertiary/aromatic N) is 1. The van der Waals surface area contributed by atoms with Crippen molar-refractivity contribution in [1.82, 2.24) is 0 Å². The van der Waals surface area contributed by atoms with Crippen LogP contribution < -0.4 is 5.73 Å². The Morgan fingerprint density at radius 3 is 3.00 bits per heavy atom. The number of rotatable bonds is 6. The van der Waals surface area contributed by atoms with Gasteiger partial charge in [-0.1, -0.05) is 18.2 Å². The van der Waals surface area contributed by atoms with Crippen molar-refractivity contribution in [1.29, 1.82) is 0 Å². The van der Waals surface area contributed by atoms with Gasteiger partial charge in [0.25, 0.3) is 0 Å². The summed E-state index contributed by atoms with van der Waals surface area (Å²) in [6.07, 6.45) is 8.20. The average molecular weight is 196 g/mol. The number of nitrogens with two attached hydrogens (primary N) is 1. The molecule has 2 N–H and O–H groups in total. The van der Waals surface area contributed by atoms with Crippen LogP contribution in [0.15, 0.2) is 40.9 Å². The lowest BCUT2D eigenvalue weighted by Crippen LogP contribution is -1.87. The van der Waals surface area contributed by atoms with Crippen LogP contribution >= 0.6 is 11.8 Å². The number of aliphatic imine (C=N–C) groups is 1. The minimum atomic E-state index is 0.896. The molecule has 0 fully saturated rings. The molecule has 0 aliphatic rings. The smallest absolute Gasteiger partial charge is 0.0855 e. The third-order valence-electron chi connectivity index (χ3n) is 1.23. The van der Waals surface area contributed by atoms with Crippen molar-refractivity contribution in [2.24, 2.45) is 10.7 Å². The quantitative estimate of drug-likeness (QED) is 0.307. The van der Waals surface area contributed by atoms with Crippen molar-refractivity contribution in [3.05, 3.63) is 35.9 Å². The molecule has 72 valence electrons. The molecule has 0 aliphatic heterocycles. The molecule has 0 saturated carbocycles. The fourth-order valence-corrected chi connectivity index (χ4v) is 1.15. The predicted octanol–water partition coefficient (Wildman–Crippen LogP) is 2.70. The molecule has 0 aromatic rings. The lowest BCUT2D eigenvalue weighted by atomic mass is 10.3. The average Bonchev–Trinajstić information content (AvgIpc) is 2.11. The van der Waals surface area contributed by atoms with Gasteiger partial charge in [0.1, 0.15) is 0 Å². The maximum Gasteiger partial charge on any atom is 0.0855 e. The van der Waals surface area contributed by atoms with Crippen LogP contribution in [-0.2, 0) is 0 Å². The van der Waals surface area contributed by atoms with E-state index in [2.05, 4.69) is 23.1 Å². The third-order valence-corrected chi connectivity index (χ3v) is 2.05. The number of hydrogen-bond donors (Lipinski definition) is 1. The number of hydrogen-bond acceptors (Lipinski definition) is 2. The van der Waals surface area contributed by atoms with Crippen LogP contribution in [0.3, 0.4) is 0 Å². The van der Waals surface area contributed by atoms with Gasteiger partial charge in [-0.25, -0.2) is 4.99 Å². The fourth-order valence-electron chi connectivity index (χ4n) is 0.656. The maximum absolute atomic E-state index is 5.13. The first kappa shape index (κ1) is 12.0. The zero-order valence-electron chi connectivity index (χ0n) is 7.94. The van der Waals surface area contributed by atoms with Crippen molar-refractivity contribution in [2.45, 2.75) is 13.3 Å². The second kappa shape index (κ2) is 9.13. The molecule has 0 rings (SSSR count). The molecule has 0 bridgehead atoms. The van der Waals surface area contributed by atoms with Crippen LogP contribution in [0.5, 0.6) is 0 Å². The topological polar surface area (TPSA) is 38.4 Å². The third kappa shape index (κ3) is 8.95. The Balaban J connectivity index is 3.58. The van der Waals surface area contributed by atoms with Gasteiger partial charge in [0.15, 0.2) is 0 Å². The van der Waals surface area contributed by atoms with Gasteiger partial charge < -0.3 is 5.73 Å². The van der Waals surface area contributed by atoms with E-state index in [1.54, 1.807) is 11.8 Å². The van der Waals surface area contributed by atoms with Gasteiger partial charge in [0.05, 0.1) is 6.34 Å². The van der Waals surface area contributed by atoms with Crippen LogP contribution in [0, 0.1) is 0 Å². The van der Waals surface area contributed by atoms with E-state index in [0.29, 0.717) is 0 Å². The Bertz CT molecular complexity index is 217. The molecule has 2 nitrogen and oxygen atoms in total. The molecule has 0 aromatic carbocycles. The van der Waals surface area contributed by atoms with E-state index >= 15 is 0 Å². The van der Waals surface area contributed by atoms with Crippen LogP contribution in [0.2, 0.25) is 0 Å². The van der Waals surface area contributed by atoms with E-state index in [4.69, 9.17) is 5.73 Å². The second-order valence-corrected chi connectivity index (χ2v) is 3.29. The summed E-state index contributed by atoms with van der Waals surface area (Å²) < 4.78 is 0. The Morgan fingerprint density at radius 2 is 2.38 bits per heavy atom. The maximum atomic E-state index is 5.13. The Morgan fingerprint density at radius 1 is 1.62 bits per heavy atom. The molecule has 0 aliphatic carbocycles. The van der Waals surface area contributed by atoms with Crippen LogP contribution in [-0.4, -0.2) is 12.1 Å². The van der Waals surface area contributed by atoms with Gasteiger partial charge in [-0.3, -0.25) is 0 Å². The van der Waals surface area contributed by atoms with Gasteiger partial charge in [0.2, 0.25) is 0 Å². The summed E-state index contributed by atoms with van der Waals surface area (Å²) in [6, 6.07) is 0. The summed E-state index contributed by atoms with van der Waals surface area (Å²) in [6.45, 7) is 5.56. The van der Waals surface area contributed by atoms with E-state index in [1.165, 1.54) is 6.34 Å². The SMILES string of the molecule is C=CCS/C=C\C/C=C(\C)N=CN. The van der Waals surface area contributed by atoms with Crippen molar-refractivity contribution >= 4 is 18.1 Å². The van der Waals surface area contributed by atoms with Crippen LogP contribution in [0.1, 0.15) is 13.3 Å². The summed E-state index contributed by atoms with van der Waals surface area (Å²) in [5.74, 6) is 0.958. The highest BCUT2D eigenvalue weighted by molar-refractivity contribution is 8.02. The van der Waals surface area contributed by atoms with E-state index < -0.39 is 0 Å². The van der Waals surface area contributed by atoms with Crippen molar-refractivity contribution in [3.8, 4) is 0 Å². The molecule has 3 heteroatoms.